The van der Waals surface area contributed by atoms with Crippen LogP contribution < -0.4 is 10.9 Å². The molecule has 1 aliphatic carbocycles. The summed E-state index contributed by atoms with van der Waals surface area (Å²) in [5.74, 6) is -3.51. The maximum absolute atomic E-state index is 13.5. The van der Waals surface area contributed by atoms with Gasteiger partial charge in [-0.3, -0.25) is 9.36 Å². The average molecular weight is 477 g/mol. The number of ether oxygens (including phenoxy) is 1. The number of methoxy groups -OCH3 is 1. The Kier molecular flexibility index (Phi) is 5.86. The number of esters is 1. The van der Waals surface area contributed by atoms with Crippen LogP contribution in [0.3, 0.4) is 0 Å². The highest BCUT2D eigenvalue weighted by molar-refractivity contribution is 6.29. The summed E-state index contributed by atoms with van der Waals surface area (Å²) in [6.07, 6.45) is -0.653. The Bertz CT molecular complexity index is 1320. The molecule has 7 nitrogen and oxygen atoms in total. The van der Waals surface area contributed by atoms with Gasteiger partial charge in [0, 0.05) is 31.4 Å². The van der Waals surface area contributed by atoms with Crippen LogP contribution in [0.4, 0.5) is 14.5 Å². The number of alkyl halides is 2. The molecule has 0 radical (unpaired) electrons. The van der Waals surface area contributed by atoms with Crippen molar-refractivity contribution in [3.63, 3.8) is 0 Å². The van der Waals surface area contributed by atoms with E-state index < -0.39 is 23.9 Å². The lowest BCUT2D eigenvalue weighted by molar-refractivity contribution is -0.0891. The number of anilines is 1. The molecule has 2 heterocycles. The third kappa shape index (κ3) is 4.29. The number of fused-ring (bicyclic) bond motifs is 1. The van der Waals surface area contributed by atoms with Gasteiger partial charge in [0.05, 0.1) is 29.7 Å². The van der Waals surface area contributed by atoms with Crippen LogP contribution in [0.2, 0.25) is 5.15 Å². The average Bonchev–Trinajstić information content (AvgIpc) is 2.75. The van der Waals surface area contributed by atoms with Gasteiger partial charge in [-0.15, -0.1) is 0 Å². The van der Waals surface area contributed by atoms with Crippen molar-refractivity contribution in [2.24, 2.45) is 7.05 Å². The van der Waals surface area contributed by atoms with Crippen LogP contribution in [0.15, 0.2) is 29.1 Å². The van der Waals surface area contributed by atoms with E-state index in [2.05, 4.69) is 15.3 Å². The molecule has 1 atom stereocenters. The van der Waals surface area contributed by atoms with Crippen LogP contribution >= 0.6 is 11.6 Å². The van der Waals surface area contributed by atoms with Gasteiger partial charge in [0.2, 0.25) is 5.92 Å². The molecule has 3 aromatic rings. The molecule has 1 saturated carbocycles. The number of hydrogen-bond donors (Lipinski definition) is 1. The number of pyridine rings is 1. The number of aromatic nitrogens is 3. The maximum Gasteiger partial charge on any atom is 0.358 e. The number of benzene rings is 1. The second-order valence-corrected chi connectivity index (χ2v) is 8.82. The summed E-state index contributed by atoms with van der Waals surface area (Å²) in [6.45, 7) is 3.71. The van der Waals surface area contributed by atoms with Crippen molar-refractivity contribution in [3.8, 4) is 0 Å². The molecule has 0 saturated heterocycles. The predicted octanol–water partition coefficient (Wildman–Crippen LogP) is 4.76. The summed E-state index contributed by atoms with van der Waals surface area (Å²) in [4.78, 5) is 34.0. The Morgan fingerprint density at radius 2 is 2.00 bits per heavy atom. The van der Waals surface area contributed by atoms with E-state index >= 15 is 0 Å². The molecule has 174 valence electrons. The minimum atomic E-state index is -2.73. The molecule has 0 bridgehead atoms. The number of nitrogens with zero attached hydrogens (tertiary/aromatic N) is 3. The van der Waals surface area contributed by atoms with Crippen LogP contribution in [0.25, 0.3) is 10.9 Å². The first-order valence-corrected chi connectivity index (χ1v) is 10.8. The van der Waals surface area contributed by atoms with Crippen LogP contribution in [-0.2, 0) is 11.8 Å². The molecular formula is C23H23ClF2N4O3. The van der Waals surface area contributed by atoms with Crippen molar-refractivity contribution in [2.75, 3.05) is 12.4 Å². The molecule has 2 aromatic heterocycles. The number of carbonyl (C=O) groups excluding carboxylic acids is 1. The fraction of sp³-hybridized carbons (Fsp3) is 0.391. The SMILES string of the molecule is COC(=O)c1nc(Cl)ccc1N[C@H](C)c1cc(C)cc2c(=O)n(C)c(C3CC(F)(F)C3)nc12. The lowest BCUT2D eigenvalue weighted by Crippen LogP contribution is -2.37. The standard InChI is InChI=1S/C23H23ClF2N4O3/c1-11-7-14(12(2)27-16-5-6-17(24)28-19(16)22(32)33-4)18-15(8-11)21(31)30(3)20(29-18)13-9-23(25,26)10-13/h5-8,12-13,27H,9-10H2,1-4H3/t12-/m1/s1. The van der Waals surface area contributed by atoms with Gasteiger partial charge in [-0.2, -0.15) is 0 Å². The third-order valence-electron chi connectivity index (χ3n) is 5.92. The fourth-order valence-electron chi connectivity index (χ4n) is 4.22. The number of aryl methyl sites for hydroxylation is 1. The number of rotatable bonds is 5. The monoisotopic (exact) mass is 476 g/mol. The summed E-state index contributed by atoms with van der Waals surface area (Å²) in [6, 6.07) is 6.37. The second kappa shape index (κ2) is 8.37. The van der Waals surface area contributed by atoms with E-state index in [1.54, 1.807) is 25.2 Å². The van der Waals surface area contributed by atoms with Crippen molar-refractivity contribution in [1.29, 1.82) is 0 Å². The molecule has 1 N–H and O–H groups in total. The number of hydrogen-bond acceptors (Lipinski definition) is 6. The molecule has 0 unspecified atom stereocenters. The Morgan fingerprint density at radius 3 is 2.64 bits per heavy atom. The zero-order valence-corrected chi connectivity index (χ0v) is 19.3. The first-order valence-electron chi connectivity index (χ1n) is 10.4. The van der Waals surface area contributed by atoms with E-state index in [-0.39, 0.29) is 29.2 Å². The van der Waals surface area contributed by atoms with Gasteiger partial charge in [-0.05, 0) is 37.6 Å². The summed E-state index contributed by atoms with van der Waals surface area (Å²) in [5.41, 5.74) is 2.11. The van der Waals surface area contributed by atoms with Gasteiger partial charge < -0.3 is 10.1 Å². The highest BCUT2D eigenvalue weighted by atomic mass is 35.5. The number of nitrogens with one attached hydrogen (secondary N) is 1. The van der Waals surface area contributed by atoms with E-state index in [9.17, 15) is 18.4 Å². The summed E-state index contributed by atoms with van der Waals surface area (Å²) < 4.78 is 33.2. The zero-order chi connectivity index (χ0) is 24.1. The Balaban J connectivity index is 1.80. The topological polar surface area (TPSA) is 86.1 Å². The molecule has 0 amide bonds. The van der Waals surface area contributed by atoms with Gasteiger partial charge in [0.25, 0.3) is 5.56 Å². The van der Waals surface area contributed by atoms with Gasteiger partial charge in [-0.1, -0.05) is 17.7 Å². The first kappa shape index (κ1) is 23.1. The Labute approximate surface area is 193 Å². The molecule has 1 aliphatic rings. The Hall–Kier alpha value is -3.07. The molecule has 1 aromatic carbocycles. The molecule has 10 heteroatoms. The molecule has 4 rings (SSSR count). The van der Waals surface area contributed by atoms with E-state index in [0.717, 1.165) is 5.56 Å². The zero-order valence-electron chi connectivity index (χ0n) is 18.6. The van der Waals surface area contributed by atoms with Crippen LogP contribution in [-0.4, -0.2) is 33.5 Å². The van der Waals surface area contributed by atoms with Gasteiger partial charge in [0.1, 0.15) is 11.0 Å². The summed E-state index contributed by atoms with van der Waals surface area (Å²) in [7, 11) is 2.81. The highest BCUT2D eigenvalue weighted by Crippen LogP contribution is 2.47. The van der Waals surface area contributed by atoms with Crippen LogP contribution in [0, 0.1) is 6.92 Å². The second-order valence-electron chi connectivity index (χ2n) is 8.43. The summed E-state index contributed by atoms with van der Waals surface area (Å²) in [5, 5.41) is 3.76. The maximum atomic E-state index is 13.5. The van der Waals surface area contributed by atoms with Crippen molar-refractivity contribution in [1.82, 2.24) is 14.5 Å². The molecule has 0 aliphatic heterocycles. The van der Waals surface area contributed by atoms with Gasteiger partial charge in [-0.25, -0.2) is 23.5 Å². The first-order chi connectivity index (χ1) is 15.5. The third-order valence-corrected chi connectivity index (χ3v) is 6.13. The predicted molar refractivity (Wildman–Crippen MR) is 121 cm³/mol. The van der Waals surface area contributed by atoms with Crippen LogP contribution in [0.5, 0.6) is 0 Å². The van der Waals surface area contributed by atoms with Crippen molar-refractivity contribution in [3.05, 3.63) is 62.4 Å². The largest absolute Gasteiger partial charge is 0.464 e. The van der Waals surface area contributed by atoms with E-state index in [4.69, 9.17) is 16.3 Å². The Morgan fingerprint density at radius 1 is 1.30 bits per heavy atom. The molecule has 33 heavy (non-hydrogen) atoms. The number of halogens is 3. The minimum absolute atomic E-state index is 0.0232. The van der Waals surface area contributed by atoms with Gasteiger partial charge in [0.15, 0.2) is 5.69 Å². The fourth-order valence-corrected chi connectivity index (χ4v) is 4.37. The van der Waals surface area contributed by atoms with Crippen molar-refractivity contribution in [2.45, 2.75) is 44.6 Å². The molecule has 1 fully saturated rings. The molecular weight excluding hydrogens is 454 g/mol. The van der Waals surface area contributed by atoms with E-state index in [0.29, 0.717) is 28.0 Å². The lowest BCUT2D eigenvalue weighted by atomic mass is 9.80. The van der Waals surface area contributed by atoms with E-state index in [1.807, 2.05) is 19.9 Å². The van der Waals surface area contributed by atoms with Gasteiger partial charge >= 0.3 is 5.97 Å². The van der Waals surface area contributed by atoms with E-state index in [1.165, 1.54) is 11.7 Å². The quantitative estimate of drug-likeness (QED) is 0.422. The normalized spacial score (nSPS) is 16.3. The highest BCUT2D eigenvalue weighted by Gasteiger charge is 2.47. The lowest BCUT2D eigenvalue weighted by Gasteiger charge is -2.35. The van der Waals surface area contributed by atoms with Crippen LogP contribution in [0.1, 0.15) is 59.2 Å². The minimum Gasteiger partial charge on any atom is -0.464 e. The van der Waals surface area contributed by atoms with Crippen molar-refractivity contribution >= 4 is 34.2 Å². The van der Waals surface area contributed by atoms with Crippen molar-refractivity contribution < 1.29 is 18.3 Å². The molecule has 0 spiro atoms. The smallest absolute Gasteiger partial charge is 0.358 e. The summed E-state index contributed by atoms with van der Waals surface area (Å²) >= 11 is 5.94. The number of carbonyl (C=O) groups is 1.